The Bertz CT molecular complexity index is 477. The molecule has 2 aliphatic rings. The van der Waals surface area contributed by atoms with Crippen LogP contribution in [-0.2, 0) is 11.3 Å². The van der Waals surface area contributed by atoms with Crippen molar-refractivity contribution in [2.24, 2.45) is 5.92 Å². The number of piperidine rings is 1. The molecule has 0 radical (unpaired) electrons. The van der Waals surface area contributed by atoms with E-state index in [1.165, 1.54) is 0 Å². The number of hydrogen-bond acceptors (Lipinski definition) is 5. The number of rotatable bonds is 3. The maximum atomic E-state index is 12.5. The summed E-state index contributed by atoms with van der Waals surface area (Å²) in [7, 11) is 0. The molecule has 0 aromatic carbocycles. The average Bonchev–Trinajstić information content (AvgIpc) is 2.93. The first-order chi connectivity index (χ1) is 10.2. The minimum Gasteiger partial charge on any atom is -0.361 e. The van der Waals surface area contributed by atoms with Gasteiger partial charge in [0.25, 0.3) is 0 Å². The van der Waals surface area contributed by atoms with Gasteiger partial charge in [0.05, 0.1) is 5.69 Å². The SMILES string of the molecule is Cc1cc(CN2CCC(C(=O)N3CCSCC3)CC2)no1. The maximum Gasteiger partial charge on any atom is 0.225 e. The number of carbonyl (C=O) groups is 1. The summed E-state index contributed by atoms with van der Waals surface area (Å²) >= 11 is 1.95. The van der Waals surface area contributed by atoms with Gasteiger partial charge in [-0.25, -0.2) is 0 Å². The lowest BCUT2D eigenvalue weighted by atomic mass is 9.95. The molecular formula is C15H23N3O2S. The lowest BCUT2D eigenvalue weighted by Gasteiger charge is -2.35. The van der Waals surface area contributed by atoms with Crippen LogP contribution in [0.25, 0.3) is 0 Å². The monoisotopic (exact) mass is 309 g/mol. The van der Waals surface area contributed by atoms with Crippen molar-refractivity contribution in [1.29, 1.82) is 0 Å². The highest BCUT2D eigenvalue weighted by molar-refractivity contribution is 7.99. The van der Waals surface area contributed by atoms with Gasteiger partial charge in [0.15, 0.2) is 0 Å². The molecule has 3 heterocycles. The number of thioether (sulfide) groups is 1. The summed E-state index contributed by atoms with van der Waals surface area (Å²) in [6, 6.07) is 1.99. The van der Waals surface area contributed by atoms with E-state index in [-0.39, 0.29) is 5.92 Å². The fraction of sp³-hybridized carbons (Fsp3) is 0.733. The average molecular weight is 309 g/mol. The van der Waals surface area contributed by atoms with Crippen molar-refractivity contribution in [2.45, 2.75) is 26.3 Å². The Morgan fingerprint density at radius 1 is 1.33 bits per heavy atom. The lowest BCUT2D eigenvalue weighted by molar-refractivity contribution is -0.136. The van der Waals surface area contributed by atoms with Crippen LogP contribution in [0.3, 0.4) is 0 Å². The summed E-state index contributed by atoms with van der Waals surface area (Å²) in [5, 5.41) is 4.04. The Labute approximate surface area is 130 Å². The fourth-order valence-electron chi connectivity index (χ4n) is 3.10. The van der Waals surface area contributed by atoms with Gasteiger partial charge in [-0.2, -0.15) is 11.8 Å². The highest BCUT2D eigenvalue weighted by Crippen LogP contribution is 2.22. The lowest BCUT2D eigenvalue weighted by Crippen LogP contribution is -2.45. The van der Waals surface area contributed by atoms with Crippen LogP contribution in [0.5, 0.6) is 0 Å². The highest BCUT2D eigenvalue weighted by Gasteiger charge is 2.29. The Morgan fingerprint density at radius 3 is 2.67 bits per heavy atom. The van der Waals surface area contributed by atoms with Crippen LogP contribution in [0.2, 0.25) is 0 Å². The third-order valence-corrected chi connectivity index (χ3v) is 5.26. The molecule has 0 N–H and O–H groups in total. The summed E-state index contributed by atoms with van der Waals surface area (Å²) in [6.45, 7) is 6.57. The summed E-state index contributed by atoms with van der Waals surface area (Å²) in [4.78, 5) is 16.9. The number of carbonyl (C=O) groups excluding carboxylic acids is 1. The maximum absolute atomic E-state index is 12.5. The van der Waals surface area contributed by atoms with Gasteiger partial charge >= 0.3 is 0 Å². The van der Waals surface area contributed by atoms with Gasteiger partial charge < -0.3 is 9.42 Å². The first kappa shape index (κ1) is 14.9. The smallest absolute Gasteiger partial charge is 0.225 e. The molecule has 0 unspecified atom stereocenters. The molecule has 0 atom stereocenters. The summed E-state index contributed by atoms with van der Waals surface area (Å²) in [5.74, 6) is 3.65. The van der Waals surface area contributed by atoms with E-state index in [1.54, 1.807) is 0 Å². The first-order valence-corrected chi connectivity index (χ1v) is 8.89. The van der Waals surface area contributed by atoms with E-state index >= 15 is 0 Å². The topological polar surface area (TPSA) is 49.6 Å². The Balaban J connectivity index is 1.47. The zero-order chi connectivity index (χ0) is 14.7. The molecule has 3 rings (SSSR count). The van der Waals surface area contributed by atoms with Crippen LogP contribution >= 0.6 is 11.8 Å². The summed E-state index contributed by atoms with van der Waals surface area (Å²) < 4.78 is 5.11. The second kappa shape index (κ2) is 6.83. The van der Waals surface area contributed by atoms with E-state index < -0.39 is 0 Å². The molecule has 2 aliphatic heterocycles. The molecule has 0 bridgehead atoms. The van der Waals surface area contributed by atoms with E-state index in [4.69, 9.17) is 4.52 Å². The Kier molecular flexibility index (Phi) is 4.85. The van der Waals surface area contributed by atoms with Crippen molar-refractivity contribution in [3.8, 4) is 0 Å². The second-order valence-corrected chi connectivity index (χ2v) is 7.14. The molecular weight excluding hydrogens is 286 g/mol. The van der Waals surface area contributed by atoms with Crippen molar-refractivity contribution in [1.82, 2.24) is 15.0 Å². The Morgan fingerprint density at radius 2 is 2.05 bits per heavy atom. The predicted molar refractivity (Wildman–Crippen MR) is 83.1 cm³/mol. The number of aryl methyl sites for hydroxylation is 1. The molecule has 5 nitrogen and oxygen atoms in total. The van der Waals surface area contributed by atoms with Crippen LogP contribution in [-0.4, -0.2) is 58.5 Å². The van der Waals surface area contributed by atoms with Gasteiger partial charge in [-0.3, -0.25) is 9.69 Å². The van der Waals surface area contributed by atoms with E-state index in [0.717, 1.165) is 68.5 Å². The molecule has 116 valence electrons. The Hall–Kier alpha value is -1.01. The molecule has 0 spiro atoms. The van der Waals surface area contributed by atoms with Crippen LogP contribution in [0.4, 0.5) is 0 Å². The molecule has 0 aliphatic carbocycles. The zero-order valence-electron chi connectivity index (χ0n) is 12.6. The normalized spacial score (nSPS) is 21.7. The molecule has 2 saturated heterocycles. The van der Waals surface area contributed by atoms with Crippen LogP contribution < -0.4 is 0 Å². The van der Waals surface area contributed by atoms with Crippen LogP contribution in [0.1, 0.15) is 24.3 Å². The van der Waals surface area contributed by atoms with Gasteiger partial charge in [0.1, 0.15) is 5.76 Å². The number of nitrogens with zero attached hydrogens (tertiary/aromatic N) is 3. The third kappa shape index (κ3) is 3.80. The molecule has 21 heavy (non-hydrogen) atoms. The van der Waals surface area contributed by atoms with E-state index in [9.17, 15) is 4.79 Å². The molecule has 1 aromatic rings. The predicted octanol–water partition coefficient (Wildman–Crippen LogP) is 1.77. The summed E-state index contributed by atoms with van der Waals surface area (Å²) in [5.41, 5.74) is 0.991. The van der Waals surface area contributed by atoms with Crippen LogP contribution in [0, 0.1) is 12.8 Å². The van der Waals surface area contributed by atoms with Crippen molar-refractivity contribution in [3.63, 3.8) is 0 Å². The van der Waals surface area contributed by atoms with E-state index in [2.05, 4.69) is 15.0 Å². The van der Waals surface area contributed by atoms with E-state index in [0.29, 0.717) is 5.91 Å². The molecule has 1 amide bonds. The minimum absolute atomic E-state index is 0.225. The third-order valence-electron chi connectivity index (χ3n) is 4.32. The van der Waals surface area contributed by atoms with Gasteiger partial charge in [0.2, 0.25) is 5.91 Å². The number of amides is 1. The second-order valence-electron chi connectivity index (χ2n) is 5.92. The first-order valence-electron chi connectivity index (χ1n) is 7.73. The van der Waals surface area contributed by atoms with Crippen LogP contribution in [0.15, 0.2) is 10.6 Å². The minimum atomic E-state index is 0.225. The molecule has 6 heteroatoms. The van der Waals surface area contributed by atoms with E-state index in [1.807, 2.05) is 24.8 Å². The number of likely N-dealkylation sites (tertiary alicyclic amines) is 1. The van der Waals surface area contributed by atoms with Gasteiger partial charge in [0, 0.05) is 43.1 Å². The summed E-state index contributed by atoms with van der Waals surface area (Å²) in [6.07, 6.45) is 1.94. The van der Waals surface area contributed by atoms with Gasteiger partial charge in [-0.05, 0) is 32.9 Å². The molecule has 0 saturated carbocycles. The fourth-order valence-corrected chi connectivity index (χ4v) is 4.00. The zero-order valence-corrected chi connectivity index (χ0v) is 13.4. The van der Waals surface area contributed by atoms with Gasteiger partial charge in [-0.15, -0.1) is 0 Å². The standard InChI is InChI=1S/C15H23N3O2S/c1-12-10-14(16-20-12)11-17-4-2-13(3-5-17)15(19)18-6-8-21-9-7-18/h10,13H,2-9,11H2,1H3. The highest BCUT2D eigenvalue weighted by atomic mass is 32.2. The van der Waals surface area contributed by atoms with Crippen molar-refractivity contribution >= 4 is 17.7 Å². The van der Waals surface area contributed by atoms with Gasteiger partial charge in [-0.1, -0.05) is 5.16 Å². The quantitative estimate of drug-likeness (QED) is 0.852. The largest absolute Gasteiger partial charge is 0.361 e. The van der Waals surface area contributed by atoms with Crippen molar-refractivity contribution < 1.29 is 9.32 Å². The number of aromatic nitrogens is 1. The van der Waals surface area contributed by atoms with Crippen molar-refractivity contribution in [3.05, 3.63) is 17.5 Å². The number of hydrogen-bond donors (Lipinski definition) is 0. The molecule has 1 aromatic heterocycles. The van der Waals surface area contributed by atoms with Crippen molar-refractivity contribution in [2.75, 3.05) is 37.7 Å². The molecule has 2 fully saturated rings.